The maximum Gasteiger partial charge on any atom is 0.363 e. The fraction of sp³-hybridized carbons (Fsp3) is 0.231. The van der Waals surface area contributed by atoms with Gasteiger partial charge in [-0.05, 0) is 26.0 Å². The molecule has 2 aromatic rings. The summed E-state index contributed by atoms with van der Waals surface area (Å²) in [5, 5.41) is 10.1. The second kappa shape index (κ2) is 6.46. The van der Waals surface area contributed by atoms with Crippen molar-refractivity contribution in [1.29, 1.82) is 0 Å². The lowest BCUT2D eigenvalue weighted by molar-refractivity contribution is 0.340. The molecule has 2 N–H and O–H groups in total. The summed E-state index contributed by atoms with van der Waals surface area (Å²) in [5.41, 5.74) is 3.55. The Hall–Kier alpha value is -2.70. The number of hydrogen-bond donors (Lipinski definition) is 2. The molecule has 104 valence electrons. The number of nitrogens with zero attached hydrogens (tertiary/aromatic N) is 3. The molecule has 7 nitrogen and oxygen atoms in total. The molecule has 0 aliphatic rings. The number of aryl methyl sites for hydroxylation is 1. The van der Waals surface area contributed by atoms with Crippen LogP contribution in [0.4, 0.5) is 5.82 Å². The summed E-state index contributed by atoms with van der Waals surface area (Å²) in [6.45, 7) is 4.22. The third kappa shape index (κ3) is 3.41. The fourth-order valence-electron chi connectivity index (χ4n) is 1.54. The molecule has 0 unspecified atom stereocenters. The van der Waals surface area contributed by atoms with E-state index in [-0.39, 0.29) is 0 Å². The Labute approximate surface area is 115 Å². The van der Waals surface area contributed by atoms with Crippen molar-refractivity contribution in [3.63, 3.8) is 0 Å². The van der Waals surface area contributed by atoms with E-state index in [1.165, 1.54) is 0 Å². The van der Waals surface area contributed by atoms with Gasteiger partial charge in [0.05, 0.1) is 12.8 Å². The molecule has 0 atom stereocenters. The molecule has 1 aromatic carbocycles. The van der Waals surface area contributed by atoms with E-state index >= 15 is 0 Å². The lowest BCUT2D eigenvalue weighted by Crippen LogP contribution is -2.15. The predicted molar refractivity (Wildman–Crippen MR) is 76.2 cm³/mol. The molecule has 0 aliphatic heterocycles. The van der Waals surface area contributed by atoms with Gasteiger partial charge in [-0.1, -0.05) is 12.1 Å². The standard InChI is InChI=1S/C13H15N5O2/c1-3-20-11-7-5-4-6-10(11)8-14-17-12-9(2)16-18-13(19)15-12/h4-8H,3H2,1-2H3,(H2,15,17,18,19). The molecule has 0 amide bonds. The van der Waals surface area contributed by atoms with Gasteiger partial charge in [-0.3, -0.25) is 5.43 Å². The first-order chi connectivity index (χ1) is 9.70. The van der Waals surface area contributed by atoms with Crippen LogP contribution in [0, 0.1) is 6.92 Å². The number of aromatic amines is 1. The molecule has 0 aliphatic carbocycles. The molecule has 0 saturated heterocycles. The smallest absolute Gasteiger partial charge is 0.363 e. The number of rotatable bonds is 5. The van der Waals surface area contributed by atoms with Crippen LogP contribution in [0.25, 0.3) is 0 Å². The Bertz CT molecular complexity index is 666. The van der Waals surface area contributed by atoms with Crippen molar-refractivity contribution in [2.75, 3.05) is 12.0 Å². The first kappa shape index (κ1) is 13.7. The number of nitrogens with one attached hydrogen (secondary N) is 2. The third-order valence-corrected chi connectivity index (χ3v) is 2.47. The fourth-order valence-corrected chi connectivity index (χ4v) is 1.54. The van der Waals surface area contributed by atoms with Gasteiger partial charge in [0.1, 0.15) is 11.4 Å². The number of benzene rings is 1. The largest absolute Gasteiger partial charge is 0.493 e. The maximum atomic E-state index is 11.1. The first-order valence-corrected chi connectivity index (χ1v) is 6.15. The maximum absolute atomic E-state index is 11.1. The second-order valence-electron chi connectivity index (χ2n) is 3.92. The Kier molecular flexibility index (Phi) is 4.43. The van der Waals surface area contributed by atoms with Crippen molar-refractivity contribution < 1.29 is 4.74 Å². The van der Waals surface area contributed by atoms with Gasteiger partial charge in [0.2, 0.25) is 0 Å². The van der Waals surface area contributed by atoms with E-state index in [9.17, 15) is 4.79 Å². The van der Waals surface area contributed by atoms with Crippen LogP contribution in [0.2, 0.25) is 0 Å². The summed E-state index contributed by atoms with van der Waals surface area (Å²) in [4.78, 5) is 14.8. The van der Waals surface area contributed by atoms with E-state index in [0.29, 0.717) is 18.1 Å². The minimum atomic E-state index is -0.525. The van der Waals surface area contributed by atoms with Crippen LogP contribution in [0.3, 0.4) is 0 Å². The van der Waals surface area contributed by atoms with Gasteiger partial charge >= 0.3 is 5.69 Å². The van der Waals surface area contributed by atoms with Gasteiger partial charge < -0.3 is 4.74 Å². The highest BCUT2D eigenvalue weighted by Crippen LogP contribution is 2.15. The predicted octanol–water partition coefficient (Wildman–Crippen LogP) is 1.32. The Morgan fingerprint density at radius 2 is 2.25 bits per heavy atom. The van der Waals surface area contributed by atoms with Crippen molar-refractivity contribution in [2.45, 2.75) is 13.8 Å². The number of ether oxygens (including phenoxy) is 1. The molecule has 0 radical (unpaired) electrons. The van der Waals surface area contributed by atoms with Gasteiger partial charge in [-0.25, -0.2) is 9.89 Å². The van der Waals surface area contributed by atoms with E-state index in [1.807, 2.05) is 31.2 Å². The summed E-state index contributed by atoms with van der Waals surface area (Å²) in [6, 6.07) is 7.53. The monoisotopic (exact) mass is 273 g/mol. The second-order valence-corrected chi connectivity index (χ2v) is 3.92. The lowest BCUT2D eigenvalue weighted by atomic mass is 10.2. The van der Waals surface area contributed by atoms with Crippen molar-refractivity contribution in [1.82, 2.24) is 15.2 Å². The van der Waals surface area contributed by atoms with E-state index in [0.717, 1.165) is 11.3 Å². The molecule has 20 heavy (non-hydrogen) atoms. The van der Waals surface area contributed by atoms with Gasteiger partial charge in [0.15, 0.2) is 5.82 Å². The highest BCUT2D eigenvalue weighted by atomic mass is 16.5. The van der Waals surface area contributed by atoms with Gasteiger partial charge in [-0.2, -0.15) is 15.2 Å². The van der Waals surface area contributed by atoms with Crippen LogP contribution in [-0.2, 0) is 0 Å². The molecule has 1 heterocycles. The van der Waals surface area contributed by atoms with Crippen molar-refractivity contribution >= 4 is 12.0 Å². The number of aromatic nitrogens is 3. The molecule has 0 bridgehead atoms. The summed E-state index contributed by atoms with van der Waals surface area (Å²) < 4.78 is 5.48. The quantitative estimate of drug-likeness (QED) is 0.633. The molecular formula is C13H15N5O2. The normalized spacial score (nSPS) is 10.7. The summed E-state index contributed by atoms with van der Waals surface area (Å²) in [5.74, 6) is 1.06. The molecule has 1 aromatic heterocycles. The average molecular weight is 273 g/mol. The number of hydrogen-bond acceptors (Lipinski definition) is 6. The van der Waals surface area contributed by atoms with Crippen LogP contribution < -0.4 is 15.9 Å². The van der Waals surface area contributed by atoms with Crippen LogP contribution in [-0.4, -0.2) is 28.0 Å². The van der Waals surface area contributed by atoms with Crippen LogP contribution in [0.1, 0.15) is 18.2 Å². The molecule has 0 fully saturated rings. The minimum Gasteiger partial charge on any atom is -0.493 e. The average Bonchev–Trinajstić information content (AvgIpc) is 2.45. The van der Waals surface area contributed by atoms with Crippen LogP contribution in [0.15, 0.2) is 34.2 Å². The molecule has 2 rings (SSSR count). The lowest BCUT2D eigenvalue weighted by Gasteiger charge is -2.06. The number of hydrazone groups is 1. The van der Waals surface area contributed by atoms with E-state index in [4.69, 9.17) is 4.74 Å². The molecular weight excluding hydrogens is 258 g/mol. The summed E-state index contributed by atoms with van der Waals surface area (Å²) in [7, 11) is 0. The Balaban J connectivity index is 2.14. The topological polar surface area (TPSA) is 92.3 Å². The van der Waals surface area contributed by atoms with Gasteiger partial charge in [0.25, 0.3) is 0 Å². The van der Waals surface area contributed by atoms with E-state index < -0.39 is 5.69 Å². The van der Waals surface area contributed by atoms with Crippen LogP contribution in [0.5, 0.6) is 5.75 Å². The number of anilines is 1. The third-order valence-electron chi connectivity index (χ3n) is 2.47. The van der Waals surface area contributed by atoms with E-state index in [1.54, 1.807) is 13.1 Å². The summed E-state index contributed by atoms with van der Waals surface area (Å²) >= 11 is 0. The van der Waals surface area contributed by atoms with Crippen molar-refractivity contribution in [3.05, 3.63) is 46.0 Å². The van der Waals surface area contributed by atoms with E-state index in [2.05, 4.69) is 25.7 Å². The number of para-hydroxylation sites is 1. The molecule has 7 heteroatoms. The zero-order chi connectivity index (χ0) is 14.4. The van der Waals surface area contributed by atoms with Gasteiger partial charge in [-0.15, -0.1) is 0 Å². The highest BCUT2D eigenvalue weighted by molar-refractivity contribution is 5.83. The summed E-state index contributed by atoms with van der Waals surface area (Å²) in [6.07, 6.45) is 1.60. The van der Waals surface area contributed by atoms with Crippen LogP contribution >= 0.6 is 0 Å². The SMILES string of the molecule is CCOc1ccccc1C=NNc1nc(=O)[nH]nc1C. The zero-order valence-electron chi connectivity index (χ0n) is 11.3. The zero-order valence-corrected chi connectivity index (χ0v) is 11.3. The van der Waals surface area contributed by atoms with Crippen molar-refractivity contribution in [2.24, 2.45) is 5.10 Å². The van der Waals surface area contributed by atoms with Crippen molar-refractivity contribution in [3.8, 4) is 5.75 Å². The first-order valence-electron chi connectivity index (χ1n) is 6.15. The minimum absolute atomic E-state index is 0.318. The Morgan fingerprint density at radius 3 is 3.05 bits per heavy atom. The molecule has 0 saturated carbocycles. The highest BCUT2D eigenvalue weighted by Gasteiger charge is 2.01. The number of H-pyrrole nitrogens is 1. The Morgan fingerprint density at radius 1 is 1.45 bits per heavy atom. The molecule has 0 spiro atoms. The van der Waals surface area contributed by atoms with Gasteiger partial charge in [0, 0.05) is 5.56 Å².